The third-order valence-electron chi connectivity index (χ3n) is 3.43. The van der Waals surface area contributed by atoms with Gasteiger partial charge in [-0.3, -0.25) is 0 Å². The van der Waals surface area contributed by atoms with E-state index in [2.05, 4.69) is 50.9 Å². The van der Waals surface area contributed by atoms with Gasteiger partial charge in [0.05, 0.1) is 0 Å². The lowest BCUT2D eigenvalue weighted by molar-refractivity contribution is 1.01. The fraction of sp³-hybridized carbons (Fsp3) is 0.333. The maximum atomic E-state index is 4.43. The van der Waals surface area contributed by atoms with Gasteiger partial charge in [-0.05, 0) is 18.9 Å². The van der Waals surface area contributed by atoms with Crippen molar-refractivity contribution in [3.8, 4) is 0 Å². The number of aryl methyl sites for hydroxylation is 1. The van der Waals surface area contributed by atoms with Gasteiger partial charge < -0.3 is 10.6 Å². The molecule has 2 aromatic rings. The minimum atomic E-state index is 0.487. The Morgan fingerprint density at radius 3 is 2.68 bits per heavy atom. The molecule has 2 unspecified atom stereocenters. The second kappa shape index (κ2) is 4.88. The van der Waals surface area contributed by atoms with Gasteiger partial charge in [0.15, 0.2) is 0 Å². The smallest absolute Gasteiger partial charge is 0.224 e. The molecule has 0 spiro atoms. The zero-order valence-corrected chi connectivity index (χ0v) is 11.2. The summed E-state index contributed by atoms with van der Waals surface area (Å²) in [5, 5.41) is 6.47. The number of hydrogen-bond donors (Lipinski definition) is 2. The minimum absolute atomic E-state index is 0.487. The van der Waals surface area contributed by atoms with Gasteiger partial charge in [-0.25, -0.2) is 4.98 Å². The predicted octanol–water partition coefficient (Wildman–Crippen LogP) is 2.79. The highest BCUT2D eigenvalue weighted by atomic mass is 15.1. The Morgan fingerprint density at radius 1 is 1.16 bits per heavy atom. The van der Waals surface area contributed by atoms with E-state index in [1.54, 1.807) is 0 Å². The summed E-state index contributed by atoms with van der Waals surface area (Å²) in [4.78, 5) is 8.72. The van der Waals surface area contributed by atoms with Crippen LogP contribution in [0.15, 0.2) is 36.4 Å². The van der Waals surface area contributed by atoms with Crippen LogP contribution in [0.1, 0.15) is 23.6 Å². The Morgan fingerprint density at radius 2 is 1.95 bits per heavy atom. The van der Waals surface area contributed by atoms with Crippen molar-refractivity contribution in [3.05, 3.63) is 47.7 Å². The first-order chi connectivity index (χ1) is 9.26. The highest BCUT2D eigenvalue weighted by Crippen LogP contribution is 2.42. The fourth-order valence-electron chi connectivity index (χ4n) is 2.37. The molecule has 2 N–H and O–H groups in total. The topological polar surface area (TPSA) is 49.8 Å². The van der Waals surface area contributed by atoms with E-state index in [0.29, 0.717) is 17.9 Å². The SMILES string of the molecule is CNc1nc(C)cc(NC2CC2c2ccccc2)n1. The largest absolute Gasteiger partial charge is 0.367 e. The molecule has 1 aliphatic rings. The number of benzene rings is 1. The fourth-order valence-corrected chi connectivity index (χ4v) is 2.37. The summed E-state index contributed by atoms with van der Waals surface area (Å²) < 4.78 is 0. The van der Waals surface area contributed by atoms with Gasteiger partial charge in [0.2, 0.25) is 5.95 Å². The number of aromatic nitrogens is 2. The second-order valence-electron chi connectivity index (χ2n) is 4.97. The maximum Gasteiger partial charge on any atom is 0.224 e. The van der Waals surface area contributed by atoms with Crippen molar-refractivity contribution in [2.75, 3.05) is 17.7 Å². The van der Waals surface area contributed by atoms with Crippen LogP contribution in [0.2, 0.25) is 0 Å². The highest BCUT2D eigenvalue weighted by Gasteiger charge is 2.38. The average Bonchev–Trinajstić information content (AvgIpc) is 3.18. The Hall–Kier alpha value is -2.10. The molecule has 4 nitrogen and oxygen atoms in total. The maximum absolute atomic E-state index is 4.43. The molecular weight excluding hydrogens is 236 g/mol. The third kappa shape index (κ3) is 2.67. The number of nitrogens with zero attached hydrogens (tertiary/aromatic N) is 2. The molecule has 4 heteroatoms. The van der Waals surface area contributed by atoms with Crippen LogP contribution in [0.25, 0.3) is 0 Å². The zero-order valence-electron chi connectivity index (χ0n) is 11.2. The van der Waals surface area contributed by atoms with Crippen molar-refractivity contribution in [1.29, 1.82) is 0 Å². The molecule has 1 saturated carbocycles. The van der Waals surface area contributed by atoms with Gasteiger partial charge in [-0.1, -0.05) is 30.3 Å². The van der Waals surface area contributed by atoms with Gasteiger partial charge in [-0.2, -0.15) is 4.98 Å². The molecule has 1 fully saturated rings. The lowest BCUT2D eigenvalue weighted by Crippen LogP contribution is -2.08. The summed E-state index contributed by atoms with van der Waals surface area (Å²) in [6, 6.07) is 13.1. The normalized spacial score (nSPS) is 20.9. The Bertz CT molecular complexity index is 568. The number of rotatable bonds is 4. The van der Waals surface area contributed by atoms with E-state index in [-0.39, 0.29) is 0 Å². The number of hydrogen-bond acceptors (Lipinski definition) is 4. The molecule has 1 aromatic carbocycles. The van der Waals surface area contributed by atoms with Crippen LogP contribution in [0.3, 0.4) is 0 Å². The van der Waals surface area contributed by atoms with Crippen LogP contribution in [0.4, 0.5) is 11.8 Å². The van der Waals surface area contributed by atoms with Crippen molar-refractivity contribution in [2.45, 2.75) is 25.3 Å². The van der Waals surface area contributed by atoms with E-state index in [9.17, 15) is 0 Å². The summed E-state index contributed by atoms with van der Waals surface area (Å²) in [6.45, 7) is 1.98. The van der Waals surface area contributed by atoms with Crippen molar-refractivity contribution in [2.24, 2.45) is 0 Å². The average molecular weight is 254 g/mol. The van der Waals surface area contributed by atoms with Gasteiger partial charge in [-0.15, -0.1) is 0 Å². The molecular formula is C15H18N4. The Balaban J connectivity index is 1.69. The van der Waals surface area contributed by atoms with Gasteiger partial charge in [0, 0.05) is 30.8 Å². The first-order valence-electron chi connectivity index (χ1n) is 6.61. The van der Waals surface area contributed by atoms with Crippen LogP contribution in [0, 0.1) is 6.92 Å². The minimum Gasteiger partial charge on any atom is -0.367 e. The van der Waals surface area contributed by atoms with E-state index in [1.807, 2.05) is 20.0 Å². The summed E-state index contributed by atoms with van der Waals surface area (Å²) >= 11 is 0. The van der Waals surface area contributed by atoms with Crippen molar-refractivity contribution >= 4 is 11.8 Å². The Kier molecular flexibility index (Phi) is 3.07. The zero-order chi connectivity index (χ0) is 13.2. The highest BCUT2D eigenvalue weighted by molar-refractivity contribution is 5.46. The van der Waals surface area contributed by atoms with E-state index >= 15 is 0 Å². The molecule has 3 rings (SSSR count). The molecule has 1 aliphatic carbocycles. The number of nitrogens with one attached hydrogen (secondary N) is 2. The second-order valence-corrected chi connectivity index (χ2v) is 4.97. The molecule has 0 bridgehead atoms. The third-order valence-corrected chi connectivity index (χ3v) is 3.43. The molecule has 2 atom stereocenters. The van der Waals surface area contributed by atoms with Crippen LogP contribution in [-0.2, 0) is 0 Å². The standard InChI is InChI=1S/C15H18N4/c1-10-8-14(19-15(16-2)17-10)18-13-9-12(13)11-6-4-3-5-7-11/h3-8,12-13H,9H2,1-2H3,(H2,16,17,18,19). The number of anilines is 2. The van der Waals surface area contributed by atoms with Gasteiger partial charge >= 0.3 is 0 Å². The van der Waals surface area contributed by atoms with Crippen molar-refractivity contribution in [1.82, 2.24) is 9.97 Å². The van der Waals surface area contributed by atoms with Crippen LogP contribution < -0.4 is 10.6 Å². The first-order valence-corrected chi connectivity index (χ1v) is 6.61. The van der Waals surface area contributed by atoms with E-state index in [4.69, 9.17) is 0 Å². The molecule has 0 radical (unpaired) electrons. The van der Waals surface area contributed by atoms with Crippen LogP contribution >= 0.6 is 0 Å². The monoisotopic (exact) mass is 254 g/mol. The quantitative estimate of drug-likeness (QED) is 0.881. The van der Waals surface area contributed by atoms with Crippen LogP contribution in [0.5, 0.6) is 0 Å². The van der Waals surface area contributed by atoms with E-state index in [1.165, 1.54) is 12.0 Å². The van der Waals surface area contributed by atoms with Gasteiger partial charge in [0.25, 0.3) is 0 Å². The molecule has 0 aliphatic heterocycles. The molecule has 98 valence electrons. The lowest BCUT2D eigenvalue weighted by atomic mass is 10.1. The summed E-state index contributed by atoms with van der Waals surface area (Å²) in [5.41, 5.74) is 2.37. The predicted molar refractivity (Wildman–Crippen MR) is 77.5 cm³/mol. The lowest BCUT2D eigenvalue weighted by Gasteiger charge is -2.08. The molecule has 1 heterocycles. The Labute approximate surface area is 113 Å². The first kappa shape index (κ1) is 12.0. The summed E-state index contributed by atoms with van der Waals surface area (Å²) in [5.74, 6) is 2.18. The van der Waals surface area contributed by atoms with Crippen molar-refractivity contribution in [3.63, 3.8) is 0 Å². The van der Waals surface area contributed by atoms with Crippen molar-refractivity contribution < 1.29 is 0 Å². The molecule has 19 heavy (non-hydrogen) atoms. The summed E-state index contributed by atoms with van der Waals surface area (Å²) in [6.07, 6.45) is 1.17. The molecule has 0 amide bonds. The summed E-state index contributed by atoms with van der Waals surface area (Å²) in [7, 11) is 1.84. The molecule has 1 aromatic heterocycles. The van der Waals surface area contributed by atoms with E-state index in [0.717, 1.165) is 11.5 Å². The molecule has 0 saturated heterocycles. The van der Waals surface area contributed by atoms with Crippen LogP contribution in [-0.4, -0.2) is 23.1 Å². The van der Waals surface area contributed by atoms with Gasteiger partial charge in [0.1, 0.15) is 5.82 Å². The van der Waals surface area contributed by atoms with E-state index < -0.39 is 0 Å².